The molecule has 12 nitrogen and oxygen atoms in total. The van der Waals surface area contributed by atoms with Gasteiger partial charge in [-0.05, 0) is 58.7 Å². The summed E-state index contributed by atoms with van der Waals surface area (Å²) in [5.74, 6) is -1.64. The Balaban J connectivity index is 0.000000182. The highest BCUT2D eigenvalue weighted by Crippen LogP contribution is 2.29. The molecule has 2 N–H and O–H groups in total. The molecule has 0 unspecified atom stereocenters. The third-order valence-corrected chi connectivity index (χ3v) is 9.99. The highest BCUT2D eigenvalue weighted by atomic mass is 16.6. The molecule has 66 heavy (non-hydrogen) atoms. The molecule has 0 aromatic heterocycles. The zero-order valence-corrected chi connectivity index (χ0v) is 35.8. The normalized spacial score (nSPS) is 10.5. The van der Waals surface area contributed by atoms with Gasteiger partial charge in [-0.3, -0.25) is 28.8 Å². The first-order valence-electron chi connectivity index (χ1n) is 21.2. The lowest BCUT2D eigenvalue weighted by Crippen LogP contribution is -2.14. The summed E-state index contributed by atoms with van der Waals surface area (Å²) in [5.41, 5.74) is 0. The van der Waals surface area contributed by atoms with Gasteiger partial charge in [-0.15, -0.1) is 0 Å². The van der Waals surface area contributed by atoms with E-state index in [1.165, 1.54) is 0 Å². The van der Waals surface area contributed by atoms with Crippen LogP contribution in [0.25, 0.3) is 43.1 Å². The Kier molecular flexibility index (Phi) is 17.1. The zero-order chi connectivity index (χ0) is 46.7. The third-order valence-electron chi connectivity index (χ3n) is 9.99. The highest BCUT2D eigenvalue weighted by molar-refractivity contribution is 5.94. The van der Waals surface area contributed by atoms with Crippen LogP contribution in [0.1, 0.15) is 51.4 Å². The van der Waals surface area contributed by atoms with Gasteiger partial charge in [0.15, 0.2) is 0 Å². The Morgan fingerprint density at radius 2 is 0.500 bits per heavy atom. The molecular formula is C54H46O12. The van der Waals surface area contributed by atoms with Crippen molar-refractivity contribution >= 4 is 78.9 Å². The standard InChI is InChI=1S/2C24H18O4.C6H10O4/c2*25-23(27-21-13-5-9-17-7-1-3-11-19(17)21)15-16-24(26)28-22-14-6-10-18-8-2-4-12-20(18)22;7-5(8)3-1-2-4-6(9)10/h2*1-14H,15-16H2;1-4H2,(H,7,8)(H,9,10). The predicted molar refractivity (Wildman–Crippen MR) is 251 cm³/mol. The topological polar surface area (TPSA) is 180 Å². The van der Waals surface area contributed by atoms with Gasteiger partial charge < -0.3 is 29.2 Å². The molecule has 0 radical (unpaired) electrons. The van der Waals surface area contributed by atoms with Crippen molar-refractivity contribution in [3.8, 4) is 23.0 Å². The number of rotatable bonds is 15. The van der Waals surface area contributed by atoms with Crippen molar-refractivity contribution in [2.45, 2.75) is 51.4 Å². The van der Waals surface area contributed by atoms with Gasteiger partial charge in [0, 0.05) is 34.4 Å². The van der Waals surface area contributed by atoms with Gasteiger partial charge in [-0.2, -0.15) is 0 Å². The number of carboxylic acid groups (broad SMARTS) is 2. The minimum atomic E-state index is -0.870. The Morgan fingerprint density at radius 3 is 0.727 bits per heavy atom. The minimum absolute atomic E-state index is 0.0488. The fourth-order valence-electron chi connectivity index (χ4n) is 6.79. The van der Waals surface area contributed by atoms with Crippen LogP contribution in [-0.2, 0) is 28.8 Å². The predicted octanol–water partition coefficient (Wildman–Crippen LogP) is 11.3. The molecule has 8 rings (SSSR count). The molecule has 8 aromatic carbocycles. The largest absolute Gasteiger partial charge is 0.481 e. The molecule has 0 atom stereocenters. The molecule has 0 aliphatic carbocycles. The van der Waals surface area contributed by atoms with Crippen molar-refractivity contribution in [3.05, 3.63) is 170 Å². The molecule has 0 saturated carbocycles. The van der Waals surface area contributed by atoms with E-state index >= 15 is 0 Å². The number of carbonyl (C=O) groups excluding carboxylic acids is 4. The monoisotopic (exact) mass is 886 g/mol. The summed E-state index contributed by atoms with van der Waals surface area (Å²) in [7, 11) is 0. The van der Waals surface area contributed by atoms with Crippen LogP contribution in [0.5, 0.6) is 23.0 Å². The molecular weight excluding hydrogens is 841 g/mol. The molecule has 8 aromatic rings. The second-order valence-corrected chi connectivity index (χ2v) is 14.8. The Morgan fingerprint density at radius 1 is 0.288 bits per heavy atom. The van der Waals surface area contributed by atoms with E-state index in [4.69, 9.17) is 29.2 Å². The first-order valence-corrected chi connectivity index (χ1v) is 21.2. The number of fused-ring (bicyclic) bond motifs is 4. The number of esters is 4. The smallest absolute Gasteiger partial charge is 0.311 e. The van der Waals surface area contributed by atoms with Crippen LogP contribution in [0.4, 0.5) is 0 Å². The van der Waals surface area contributed by atoms with Gasteiger partial charge in [-0.1, -0.05) is 146 Å². The second-order valence-electron chi connectivity index (χ2n) is 14.8. The van der Waals surface area contributed by atoms with Crippen LogP contribution < -0.4 is 18.9 Å². The highest BCUT2D eigenvalue weighted by Gasteiger charge is 2.15. The van der Waals surface area contributed by atoms with Gasteiger partial charge in [0.05, 0.1) is 25.7 Å². The number of benzene rings is 8. The van der Waals surface area contributed by atoms with Crippen LogP contribution in [0.15, 0.2) is 170 Å². The van der Waals surface area contributed by atoms with Gasteiger partial charge in [0.1, 0.15) is 23.0 Å². The number of unbranched alkanes of at least 4 members (excludes halogenated alkanes) is 1. The molecule has 0 heterocycles. The maximum atomic E-state index is 12.2. The van der Waals surface area contributed by atoms with Crippen molar-refractivity contribution < 1.29 is 57.9 Å². The van der Waals surface area contributed by atoms with E-state index in [0.717, 1.165) is 43.1 Å². The van der Waals surface area contributed by atoms with Crippen molar-refractivity contribution in [2.24, 2.45) is 0 Å². The third kappa shape index (κ3) is 14.1. The van der Waals surface area contributed by atoms with Crippen molar-refractivity contribution in [1.82, 2.24) is 0 Å². The average Bonchev–Trinajstić information content (AvgIpc) is 3.32. The lowest BCUT2D eigenvalue weighted by Gasteiger charge is -2.09. The molecule has 0 aliphatic heterocycles. The molecule has 0 amide bonds. The molecule has 0 aliphatic rings. The van der Waals surface area contributed by atoms with Crippen LogP contribution in [0, 0.1) is 0 Å². The second kappa shape index (κ2) is 23.9. The zero-order valence-electron chi connectivity index (χ0n) is 35.8. The van der Waals surface area contributed by atoms with E-state index in [1.807, 2.05) is 146 Å². The van der Waals surface area contributed by atoms with Gasteiger partial charge in [0.25, 0.3) is 0 Å². The average molecular weight is 887 g/mol. The lowest BCUT2D eigenvalue weighted by atomic mass is 10.1. The fourth-order valence-corrected chi connectivity index (χ4v) is 6.79. The summed E-state index contributed by atoms with van der Waals surface area (Å²) < 4.78 is 21.8. The summed E-state index contributed by atoms with van der Waals surface area (Å²) in [6.07, 6.45) is 0.823. The molecule has 334 valence electrons. The first kappa shape index (κ1) is 47.1. The van der Waals surface area contributed by atoms with E-state index in [1.54, 1.807) is 24.3 Å². The van der Waals surface area contributed by atoms with Crippen molar-refractivity contribution in [3.63, 3.8) is 0 Å². The van der Waals surface area contributed by atoms with Gasteiger partial charge in [-0.25, -0.2) is 0 Å². The molecule has 0 spiro atoms. The lowest BCUT2D eigenvalue weighted by molar-refractivity contribution is -0.140. The first-order chi connectivity index (χ1) is 32.0. The summed E-state index contributed by atoms with van der Waals surface area (Å²) in [6.45, 7) is 0. The van der Waals surface area contributed by atoms with E-state index in [-0.39, 0.29) is 38.5 Å². The number of carbonyl (C=O) groups is 6. The number of hydrogen-bond donors (Lipinski definition) is 2. The number of hydrogen-bond acceptors (Lipinski definition) is 10. The quantitative estimate of drug-likeness (QED) is 0.0566. The summed E-state index contributed by atoms with van der Waals surface area (Å²) in [4.78, 5) is 68.6. The molecule has 12 heteroatoms. The van der Waals surface area contributed by atoms with E-state index in [2.05, 4.69) is 0 Å². The number of ether oxygens (including phenoxy) is 4. The van der Waals surface area contributed by atoms with E-state index < -0.39 is 35.8 Å². The van der Waals surface area contributed by atoms with Crippen LogP contribution in [-0.4, -0.2) is 46.0 Å². The van der Waals surface area contributed by atoms with Crippen LogP contribution in [0.2, 0.25) is 0 Å². The van der Waals surface area contributed by atoms with Gasteiger partial charge in [0.2, 0.25) is 0 Å². The SMILES string of the molecule is O=C(CCC(=O)Oc1cccc2ccccc12)Oc1cccc2ccccc12.O=C(CCC(=O)Oc1cccc2ccccc12)Oc1cccc2ccccc12.O=C(O)CCCCC(=O)O. The summed E-state index contributed by atoms with van der Waals surface area (Å²) in [5, 5.41) is 23.7. The van der Waals surface area contributed by atoms with Crippen molar-refractivity contribution in [1.29, 1.82) is 0 Å². The van der Waals surface area contributed by atoms with E-state index in [0.29, 0.717) is 35.8 Å². The Bertz CT molecular complexity index is 2580. The maximum Gasteiger partial charge on any atom is 0.311 e. The minimum Gasteiger partial charge on any atom is -0.481 e. The van der Waals surface area contributed by atoms with Crippen molar-refractivity contribution in [2.75, 3.05) is 0 Å². The Labute approximate surface area is 379 Å². The number of aliphatic carboxylic acids is 2. The molecule has 0 fully saturated rings. The van der Waals surface area contributed by atoms with E-state index in [9.17, 15) is 28.8 Å². The van der Waals surface area contributed by atoms with Crippen LogP contribution in [0.3, 0.4) is 0 Å². The molecule has 0 saturated heterocycles. The summed E-state index contributed by atoms with van der Waals surface area (Å²) in [6, 6.07) is 52.8. The Hall–Kier alpha value is -8.38. The fraction of sp³-hybridized carbons (Fsp3) is 0.148. The van der Waals surface area contributed by atoms with Gasteiger partial charge >= 0.3 is 35.8 Å². The maximum absolute atomic E-state index is 12.2. The van der Waals surface area contributed by atoms with Crippen LogP contribution >= 0.6 is 0 Å². The number of carboxylic acids is 2. The molecule has 0 bridgehead atoms. The summed E-state index contributed by atoms with van der Waals surface area (Å²) >= 11 is 0.